The molecule has 0 radical (unpaired) electrons. The fourth-order valence-electron chi connectivity index (χ4n) is 2.07. The maximum atomic E-state index is 12.7. The van der Waals surface area contributed by atoms with Gasteiger partial charge in [-0.15, -0.1) is 0 Å². The third-order valence-electron chi connectivity index (χ3n) is 3.13. The Morgan fingerprint density at radius 1 is 1.42 bits per heavy atom. The number of nitrogens with zero attached hydrogens (tertiary/aromatic N) is 1. The van der Waals surface area contributed by atoms with Crippen LogP contribution in [0.3, 0.4) is 0 Å². The van der Waals surface area contributed by atoms with Gasteiger partial charge in [-0.25, -0.2) is 4.39 Å². The number of aliphatic hydroxyl groups excluding tert-OH is 1. The Morgan fingerprint density at radius 2 is 2.16 bits per heavy atom. The number of carbonyl (C=O) groups excluding carboxylic acids is 1. The third kappa shape index (κ3) is 4.21. The average Bonchev–Trinajstić information content (AvgIpc) is 2.83. The van der Waals surface area contributed by atoms with Gasteiger partial charge in [-0.3, -0.25) is 4.79 Å². The molecule has 1 aromatic rings. The number of rotatable bonds is 5. The van der Waals surface area contributed by atoms with E-state index in [0.717, 1.165) is 0 Å². The Hall–Kier alpha value is -1.62. The summed E-state index contributed by atoms with van der Waals surface area (Å²) < 4.78 is 18.1. The second kappa shape index (κ2) is 6.52. The molecule has 1 fully saturated rings. The average molecular weight is 267 g/mol. The van der Waals surface area contributed by atoms with E-state index in [-0.39, 0.29) is 17.8 Å². The van der Waals surface area contributed by atoms with Gasteiger partial charge < -0.3 is 14.7 Å². The molecule has 5 heteroatoms. The van der Waals surface area contributed by atoms with E-state index in [1.807, 2.05) is 0 Å². The maximum Gasteiger partial charge on any atom is 0.222 e. The molecule has 0 bridgehead atoms. The number of hydrogen-bond acceptors (Lipinski definition) is 3. The fourth-order valence-corrected chi connectivity index (χ4v) is 2.07. The zero-order chi connectivity index (χ0) is 13.7. The summed E-state index contributed by atoms with van der Waals surface area (Å²) in [6.45, 7) is 1.50. The normalized spacial score (nSPS) is 18.6. The zero-order valence-corrected chi connectivity index (χ0v) is 10.7. The summed E-state index contributed by atoms with van der Waals surface area (Å²) in [7, 11) is 0. The van der Waals surface area contributed by atoms with Crippen molar-refractivity contribution < 1.29 is 19.0 Å². The second-order valence-corrected chi connectivity index (χ2v) is 4.69. The number of halogens is 1. The van der Waals surface area contributed by atoms with Crippen LogP contribution in [0.25, 0.3) is 0 Å². The Bertz CT molecular complexity index is 421. The molecule has 1 saturated heterocycles. The minimum atomic E-state index is -0.376. The summed E-state index contributed by atoms with van der Waals surface area (Å²) in [6, 6.07) is 5.81. The summed E-state index contributed by atoms with van der Waals surface area (Å²) in [5.41, 5.74) is 0. The van der Waals surface area contributed by atoms with Crippen LogP contribution in [0.1, 0.15) is 19.3 Å². The Morgan fingerprint density at radius 3 is 2.79 bits per heavy atom. The van der Waals surface area contributed by atoms with Crippen molar-refractivity contribution in [1.29, 1.82) is 0 Å². The minimum absolute atomic E-state index is 0.0549. The van der Waals surface area contributed by atoms with Gasteiger partial charge in [-0.2, -0.15) is 0 Å². The van der Waals surface area contributed by atoms with Gasteiger partial charge in [0.25, 0.3) is 0 Å². The molecular formula is C14H18FNO3. The number of hydrogen-bond donors (Lipinski definition) is 1. The topological polar surface area (TPSA) is 49.8 Å². The van der Waals surface area contributed by atoms with Gasteiger partial charge in [0.1, 0.15) is 11.6 Å². The number of β-amino-alcohol motifs (C(OH)–C–C–N with tert-alkyl or cyclic N) is 1. The summed E-state index contributed by atoms with van der Waals surface area (Å²) in [5, 5.41) is 9.34. The molecule has 0 saturated carbocycles. The van der Waals surface area contributed by atoms with Crippen LogP contribution in [0, 0.1) is 5.82 Å². The highest BCUT2D eigenvalue weighted by Gasteiger charge is 2.23. The number of carbonyl (C=O) groups is 1. The SMILES string of the molecule is O=C(CCCOc1ccc(F)cc1)N1CC[C@@H](O)C1. The number of likely N-dealkylation sites (tertiary alicyclic amines) is 1. The van der Waals surface area contributed by atoms with Gasteiger partial charge in [0.15, 0.2) is 0 Å². The van der Waals surface area contributed by atoms with E-state index in [4.69, 9.17) is 4.74 Å². The summed E-state index contributed by atoms with van der Waals surface area (Å²) in [5.74, 6) is 0.361. The largest absolute Gasteiger partial charge is 0.494 e. The first-order valence-electron chi connectivity index (χ1n) is 6.49. The lowest BCUT2D eigenvalue weighted by molar-refractivity contribution is -0.130. The molecule has 1 aliphatic rings. The first-order chi connectivity index (χ1) is 9.15. The number of amides is 1. The van der Waals surface area contributed by atoms with Gasteiger partial charge in [0.2, 0.25) is 5.91 Å². The van der Waals surface area contributed by atoms with Crippen LogP contribution in [0.5, 0.6) is 5.75 Å². The Balaban J connectivity index is 1.64. The molecule has 0 aromatic heterocycles. The molecule has 1 N–H and O–H groups in total. The Kier molecular flexibility index (Phi) is 4.74. The molecule has 2 rings (SSSR count). The van der Waals surface area contributed by atoms with Crippen LogP contribution in [-0.2, 0) is 4.79 Å². The minimum Gasteiger partial charge on any atom is -0.494 e. The monoisotopic (exact) mass is 267 g/mol. The van der Waals surface area contributed by atoms with Crippen molar-refractivity contribution >= 4 is 5.91 Å². The molecule has 0 spiro atoms. The molecule has 104 valence electrons. The van der Waals surface area contributed by atoms with Crippen LogP contribution < -0.4 is 4.74 Å². The van der Waals surface area contributed by atoms with Crippen molar-refractivity contribution in [2.24, 2.45) is 0 Å². The van der Waals surface area contributed by atoms with E-state index in [1.165, 1.54) is 12.1 Å². The van der Waals surface area contributed by atoms with E-state index in [2.05, 4.69) is 0 Å². The van der Waals surface area contributed by atoms with Crippen molar-refractivity contribution in [3.05, 3.63) is 30.1 Å². The lowest BCUT2D eigenvalue weighted by Gasteiger charge is -2.15. The molecule has 1 amide bonds. The van der Waals surface area contributed by atoms with E-state index in [0.29, 0.717) is 44.7 Å². The van der Waals surface area contributed by atoms with E-state index in [9.17, 15) is 14.3 Å². The molecule has 0 unspecified atom stereocenters. The van der Waals surface area contributed by atoms with Crippen molar-refractivity contribution in [1.82, 2.24) is 4.90 Å². The van der Waals surface area contributed by atoms with Crippen LogP contribution in [0.15, 0.2) is 24.3 Å². The van der Waals surface area contributed by atoms with Crippen LogP contribution >= 0.6 is 0 Å². The molecule has 4 nitrogen and oxygen atoms in total. The van der Waals surface area contributed by atoms with E-state index >= 15 is 0 Å². The first-order valence-corrected chi connectivity index (χ1v) is 6.49. The number of aliphatic hydroxyl groups is 1. The predicted octanol–water partition coefficient (Wildman–Crippen LogP) is 1.58. The van der Waals surface area contributed by atoms with Crippen LogP contribution in [-0.4, -0.2) is 41.7 Å². The highest BCUT2D eigenvalue weighted by Crippen LogP contribution is 2.13. The lowest BCUT2D eigenvalue weighted by atomic mass is 10.3. The van der Waals surface area contributed by atoms with Gasteiger partial charge in [0.05, 0.1) is 12.7 Å². The fraction of sp³-hybridized carbons (Fsp3) is 0.500. The molecule has 1 aliphatic heterocycles. The van der Waals surface area contributed by atoms with Gasteiger partial charge in [0, 0.05) is 19.5 Å². The molecule has 1 atom stereocenters. The molecule has 19 heavy (non-hydrogen) atoms. The predicted molar refractivity (Wildman–Crippen MR) is 68.3 cm³/mol. The summed E-state index contributed by atoms with van der Waals surface area (Å²) in [4.78, 5) is 13.4. The number of ether oxygens (including phenoxy) is 1. The molecule has 0 aliphatic carbocycles. The van der Waals surface area contributed by atoms with Gasteiger partial charge in [-0.1, -0.05) is 0 Å². The first kappa shape index (κ1) is 13.8. The Labute approximate surface area is 111 Å². The quantitative estimate of drug-likeness (QED) is 0.824. The van der Waals surface area contributed by atoms with Gasteiger partial charge in [-0.05, 0) is 37.1 Å². The van der Waals surface area contributed by atoms with E-state index in [1.54, 1.807) is 17.0 Å². The molecular weight excluding hydrogens is 249 g/mol. The standard InChI is InChI=1S/C14H18FNO3/c15-11-3-5-13(6-4-11)19-9-1-2-14(18)16-8-7-12(17)10-16/h3-6,12,17H,1-2,7-10H2/t12-/m1/s1. The van der Waals surface area contributed by atoms with Crippen molar-refractivity contribution in [2.75, 3.05) is 19.7 Å². The molecule has 1 heterocycles. The highest BCUT2D eigenvalue weighted by atomic mass is 19.1. The van der Waals surface area contributed by atoms with Crippen molar-refractivity contribution in [3.8, 4) is 5.75 Å². The van der Waals surface area contributed by atoms with Crippen molar-refractivity contribution in [3.63, 3.8) is 0 Å². The summed E-state index contributed by atoms with van der Waals surface area (Å²) >= 11 is 0. The highest BCUT2D eigenvalue weighted by molar-refractivity contribution is 5.76. The summed E-state index contributed by atoms with van der Waals surface area (Å²) in [6.07, 6.45) is 1.31. The molecule has 1 aromatic carbocycles. The second-order valence-electron chi connectivity index (χ2n) is 4.69. The zero-order valence-electron chi connectivity index (χ0n) is 10.7. The van der Waals surface area contributed by atoms with E-state index < -0.39 is 0 Å². The van der Waals surface area contributed by atoms with Gasteiger partial charge >= 0.3 is 0 Å². The lowest BCUT2D eigenvalue weighted by Crippen LogP contribution is -2.29. The van der Waals surface area contributed by atoms with Crippen molar-refractivity contribution in [2.45, 2.75) is 25.4 Å². The van der Waals surface area contributed by atoms with Crippen LogP contribution in [0.2, 0.25) is 0 Å². The maximum absolute atomic E-state index is 12.7. The number of benzene rings is 1. The van der Waals surface area contributed by atoms with Crippen LogP contribution in [0.4, 0.5) is 4.39 Å². The third-order valence-corrected chi connectivity index (χ3v) is 3.13. The smallest absolute Gasteiger partial charge is 0.222 e.